The van der Waals surface area contributed by atoms with Crippen molar-refractivity contribution in [2.24, 2.45) is 28.9 Å². The molecule has 1 heterocycles. The molecule has 0 spiro atoms. The molecule has 0 aliphatic heterocycles. The van der Waals surface area contributed by atoms with E-state index in [1.165, 1.54) is 50.7 Å². The van der Waals surface area contributed by atoms with Crippen LogP contribution in [0.2, 0.25) is 0 Å². The Hall–Kier alpha value is -3.71. The molecule has 1 atom stereocenters. The van der Waals surface area contributed by atoms with Gasteiger partial charge in [0, 0.05) is 17.0 Å². The first-order chi connectivity index (χ1) is 18.2. The molecule has 0 radical (unpaired) electrons. The minimum atomic E-state index is -1.27. The summed E-state index contributed by atoms with van der Waals surface area (Å²) in [5.41, 5.74) is 9.56. The number of nitrogens with two attached hydrogens (primary N) is 1. The third kappa shape index (κ3) is 4.45. The predicted octanol–water partition coefficient (Wildman–Crippen LogP) is 5.72. The van der Waals surface area contributed by atoms with Gasteiger partial charge >= 0.3 is 11.9 Å². The molecule has 4 saturated carbocycles. The average Bonchev–Trinajstić information content (AvgIpc) is 3.30. The van der Waals surface area contributed by atoms with Crippen molar-refractivity contribution in [1.82, 2.24) is 4.98 Å². The molecular weight excluding hydrogens is 480 g/mol. The number of carbonyl (C=O) groups is 3. The fourth-order valence-corrected chi connectivity index (χ4v) is 7.91. The number of nitrogens with one attached hydrogen (secondary N) is 1. The Bertz CT molecular complexity index is 1360. The van der Waals surface area contributed by atoms with Crippen molar-refractivity contribution in [2.45, 2.75) is 51.0 Å². The fourth-order valence-electron chi connectivity index (χ4n) is 7.91. The minimum absolute atomic E-state index is 0.176. The number of carboxylic acid groups (broad SMARTS) is 2. The Morgan fingerprint density at radius 3 is 1.95 bits per heavy atom. The third-order valence-corrected chi connectivity index (χ3v) is 9.06. The van der Waals surface area contributed by atoms with Gasteiger partial charge in [-0.1, -0.05) is 30.3 Å². The highest BCUT2D eigenvalue weighted by atomic mass is 16.4. The van der Waals surface area contributed by atoms with Gasteiger partial charge in [-0.15, -0.1) is 0 Å². The van der Waals surface area contributed by atoms with Crippen molar-refractivity contribution in [2.75, 3.05) is 0 Å². The van der Waals surface area contributed by atoms with E-state index in [1.807, 2.05) is 36.4 Å². The van der Waals surface area contributed by atoms with Gasteiger partial charge in [-0.25, -0.2) is 9.59 Å². The number of rotatable bonds is 8. The number of H-pyrrole nitrogens is 1. The lowest BCUT2D eigenvalue weighted by atomic mass is 9.48. The van der Waals surface area contributed by atoms with Gasteiger partial charge in [0.25, 0.3) is 0 Å². The molecule has 0 saturated heterocycles. The van der Waals surface area contributed by atoms with Crippen molar-refractivity contribution in [3.63, 3.8) is 0 Å². The third-order valence-electron chi connectivity index (χ3n) is 9.06. The number of hydrogen-bond donors (Lipinski definition) is 4. The first-order valence-electron chi connectivity index (χ1n) is 13.4. The maximum absolute atomic E-state index is 13.9. The summed E-state index contributed by atoms with van der Waals surface area (Å²) in [6.07, 6.45) is 8.38. The highest BCUT2D eigenvalue weighted by Gasteiger charge is 2.51. The standard InChI is InChI=1S/C31H32N2O5/c32-27(21-9-22(29(35)36)11-23(10-21)30(37)38)28(34)24-12-25(20-4-2-1-3-5-20)33-26(24)16-31-13-17-6-18(14-31)8-19(7-17)15-31/h1-5,9-12,17-19,27,33H,6-8,13-16,32H2,(H,35,36)(H,37,38). The Balaban J connectivity index is 1.38. The number of carboxylic acids is 2. The highest BCUT2D eigenvalue weighted by Crippen LogP contribution is 2.61. The minimum Gasteiger partial charge on any atom is -0.478 e. The lowest BCUT2D eigenvalue weighted by molar-refractivity contribution is -0.0526. The molecule has 7 nitrogen and oxygen atoms in total. The van der Waals surface area contributed by atoms with Crippen LogP contribution in [0.3, 0.4) is 0 Å². The molecule has 38 heavy (non-hydrogen) atoms. The van der Waals surface area contributed by atoms with Gasteiger partial charge in [0.1, 0.15) is 0 Å². The molecule has 4 aliphatic rings. The lowest BCUT2D eigenvalue weighted by Gasteiger charge is -2.57. The molecule has 4 fully saturated rings. The number of benzene rings is 2. The quantitative estimate of drug-likeness (QED) is 0.285. The number of aromatic amines is 1. The van der Waals surface area contributed by atoms with E-state index in [-0.39, 0.29) is 27.9 Å². The maximum atomic E-state index is 13.9. The van der Waals surface area contributed by atoms with Gasteiger partial charge in [0.2, 0.25) is 0 Å². The summed E-state index contributed by atoms with van der Waals surface area (Å²) in [6, 6.07) is 14.2. The van der Waals surface area contributed by atoms with Crippen LogP contribution in [0.5, 0.6) is 0 Å². The van der Waals surface area contributed by atoms with E-state index in [0.29, 0.717) is 5.56 Å². The average molecular weight is 513 g/mol. The smallest absolute Gasteiger partial charge is 0.335 e. The number of hydrogen-bond acceptors (Lipinski definition) is 4. The number of aromatic nitrogens is 1. The molecule has 3 aromatic rings. The largest absolute Gasteiger partial charge is 0.478 e. The molecule has 7 rings (SSSR count). The molecule has 7 heteroatoms. The zero-order valence-electron chi connectivity index (χ0n) is 21.2. The Morgan fingerprint density at radius 2 is 1.42 bits per heavy atom. The van der Waals surface area contributed by atoms with Crippen LogP contribution in [0, 0.1) is 23.2 Å². The summed E-state index contributed by atoms with van der Waals surface area (Å²) in [6.45, 7) is 0. The normalized spacial score (nSPS) is 26.3. The summed E-state index contributed by atoms with van der Waals surface area (Å²) in [4.78, 5) is 40.7. The van der Waals surface area contributed by atoms with E-state index < -0.39 is 18.0 Å². The molecule has 5 N–H and O–H groups in total. The van der Waals surface area contributed by atoms with Crippen LogP contribution in [-0.4, -0.2) is 32.9 Å². The van der Waals surface area contributed by atoms with Gasteiger partial charge in [-0.3, -0.25) is 4.79 Å². The number of aromatic carboxylic acids is 2. The molecule has 1 unspecified atom stereocenters. The van der Waals surface area contributed by atoms with Gasteiger partial charge in [-0.05, 0) is 104 Å². The molecule has 0 amide bonds. The van der Waals surface area contributed by atoms with Crippen LogP contribution >= 0.6 is 0 Å². The summed E-state index contributed by atoms with van der Waals surface area (Å²) in [7, 11) is 0. The summed E-state index contributed by atoms with van der Waals surface area (Å²) < 4.78 is 0. The zero-order valence-corrected chi connectivity index (χ0v) is 21.2. The van der Waals surface area contributed by atoms with Gasteiger partial charge in [0.15, 0.2) is 5.78 Å². The van der Waals surface area contributed by atoms with Crippen molar-refractivity contribution in [1.29, 1.82) is 0 Å². The monoisotopic (exact) mass is 512 g/mol. The van der Waals surface area contributed by atoms with Gasteiger partial charge in [-0.2, -0.15) is 0 Å². The second-order valence-electron chi connectivity index (χ2n) is 11.8. The van der Waals surface area contributed by atoms with E-state index in [2.05, 4.69) is 4.98 Å². The SMILES string of the molecule is NC(C(=O)c1cc(-c2ccccc2)[nH]c1CC12CC3CC(CC(C3)C1)C2)c1cc(C(=O)O)cc(C(=O)O)c1. The van der Waals surface area contributed by atoms with Gasteiger partial charge < -0.3 is 20.9 Å². The molecule has 1 aromatic heterocycles. The van der Waals surface area contributed by atoms with Crippen LogP contribution in [0.4, 0.5) is 0 Å². The van der Waals surface area contributed by atoms with Crippen LogP contribution in [0.15, 0.2) is 54.6 Å². The Labute approximate surface area is 221 Å². The van der Waals surface area contributed by atoms with Crippen LogP contribution in [-0.2, 0) is 6.42 Å². The lowest BCUT2D eigenvalue weighted by Crippen LogP contribution is -2.47. The number of carbonyl (C=O) groups excluding carboxylic acids is 1. The maximum Gasteiger partial charge on any atom is 0.335 e. The first kappa shape index (κ1) is 24.6. The van der Waals surface area contributed by atoms with Gasteiger partial charge in [0.05, 0.1) is 17.2 Å². The van der Waals surface area contributed by atoms with Crippen LogP contribution in [0.1, 0.15) is 86.9 Å². The van der Waals surface area contributed by atoms with Crippen molar-refractivity contribution in [3.8, 4) is 11.3 Å². The van der Waals surface area contributed by atoms with E-state index in [0.717, 1.165) is 47.2 Å². The van der Waals surface area contributed by atoms with Crippen molar-refractivity contribution >= 4 is 17.7 Å². The Kier molecular flexibility index (Phi) is 5.99. The van der Waals surface area contributed by atoms with E-state index in [9.17, 15) is 24.6 Å². The van der Waals surface area contributed by atoms with E-state index in [4.69, 9.17) is 5.73 Å². The summed E-state index contributed by atoms with van der Waals surface area (Å²) in [5.74, 6) is -0.561. The molecule has 2 aromatic carbocycles. The van der Waals surface area contributed by atoms with E-state index in [1.54, 1.807) is 0 Å². The highest BCUT2D eigenvalue weighted by molar-refractivity contribution is 6.03. The molecule has 4 aliphatic carbocycles. The second-order valence-corrected chi connectivity index (χ2v) is 11.8. The molecule has 4 bridgehead atoms. The summed E-state index contributed by atoms with van der Waals surface area (Å²) >= 11 is 0. The van der Waals surface area contributed by atoms with Crippen LogP contribution < -0.4 is 5.73 Å². The fraction of sp³-hybridized carbons (Fsp3) is 0.387. The zero-order chi connectivity index (χ0) is 26.6. The second kappa shape index (κ2) is 9.24. The van der Waals surface area contributed by atoms with Crippen molar-refractivity contribution < 1.29 is 24.6 Å². The molecule has 196 valence electrons. The Morgan fingerprint density at radius 1 is 0.868 bits per heavy atom. The first-order valence-corrected chi connectivity index (χ1v) is 13.4. The van der Waals surface area contributed by atoms with E-state index >= 15 is 0 Å². The number of ketones is 1. The predicted molar refractivity (Wildman–Crippen MR) is 142 cm³/mol. The summed E-state index contributed by atoms with van der Waals surface area (Å²) in [5, 5.41) is 19.0. The molecular formula is C31H32N2O5. The number of Topliss-reactive ketones (excluding diaryl/α,β-unsaturated/α-hetero) is 1. The topological polar surface area (TPSA) is 133 Å². The van der Waals surface area contributed by atoms with Crippen molar-refractivity contribution in [3.05, 3.63) is 82.5 Å². The van der Waals surface area contributed by atoms with Crippen LogP contribution in [0.25, 0.3) is 11.3 Å².